The summed E-state index contributed by atoms with van der Waals surface area (Å²) < 4.78 is 10.1. The Kier molecular flexibility index (Phi) is 5.68. The van der Waals surface area contributed by atoms with E-state index in [0.717, 1.165) is 11.4 Å². The van der Waals surface area contributed by atoms with Crippen LogP contribution < -0.4 is 9.47 Å². The summed E-state index contributed by atoms with van der Waals surface area (Å²) in [7, 11) is 3.20. The zero-order chi connectivity index (χ0) is 10.3. The second-order valence-electron chi connectivity index (χ2n) is 2.18. The van der Waals surface area contributed by atoms with E-state index in [1.807, 2.05) is 26.8 Å². The monoisotopic (exact) mass is 183 g/mol. The zero-order valence-electron chi connectivity index (χ0n) is 8.92. The van der Waals surface area contributed by atoms with Crippen LogP contribution in [0.1, 0.15) is 19.5 Å². The predicted octanol–water partition coefficient (Wildman–Crippen LogP) is 2.43. The lowest BCUT2D eigenvalue weighted by molar-refractivity contribution is 0.353. The molecule has 0 aliphatic carbocycles. The summed E-state index contributed by atoms with van der Waals surface area (Å²) in [6.07, 6.45) is 1.65. The molecule has 0 aromatic carbocycles. The van der Waals surface area contributed by atoms with Gasteiger partial charge in [0.25, 0.3) is 0 Å². The molecule has 1 rings (SSSR count). The van der Waals surface area contributed by atoms with Gasteiger partial charge in [-0.05, 0) is 6.92 Å². The lowest BCUT2D eigenvalue weighted by Gasteiger charge is -2.06. The third-order valence-electron chi connectivity index (χ3n) is 1.41. The van der Waals surface area contributed by atoms with Crippen LogP contribution in [0.3, 0.4) is 0 Å². The topological polar surface area (TPSA) is 31.4 Å². The van der Waals surface area contributed by atoms with E-state index in [1.54, 1.807) is 20.4 Å². The number of ether oxygens (including phenoxy) is 2. The van der Waals surface area contributed by atoms with E-state index in [4.69, 9.17) is 9.47 Å². The van der Waals surface area contributed by atoms with Crippen molar-refractivity contribution in [3.8, 4) is 11.5 Å². The number of aryl methyl sites for hydroxylation is 1. The number of aromatic nitrogens is 1. The molecule has 0 aliphatic heterocycles. The summed E-state index contributed by atoms with van der Waals surface area (Å²) in [6, 6.07) is 1.83. The van der Waals surface area contributed by atoms with Crippen molar-refractivity contribution in [3.63, 3.8) is 0 Å². The summed E-state index contributed by atoms with van der Waals surface area (Å²) in [5, 5.41) is 0. The highest BCUT2D eigenvalue weighted by molar-refractivity contribution is 5.38. The fraction of sp³-hybridized carbons (Fsp3) is 0.500. The standard InChI is InChI=1S/C8H11NO2.C2H6/c1-6-4-7(10-2)8(11-3)5-9-6;1-2/h4-5H,1-3H3;1-2H3. The Morgan fingerprint density at radius 3 is 2.08 bits per heavy atom. The van der Waals surface area contributed by atoms with Crippen LogP contribution in [-0.2, 0) is 0 Å². The Bertz CT molecular complexity index is 249. The second-order valence-corrected chi connectivity index (χ2v) is 2.18. The van der Waals surface area contributed by atoms with Crippen molar-refractivity contribution < 1.29 is 9.47 Å². The number of rotatable bonds is 2. The highest BCUT2D eigenvalue weighted by Crippen LogP contribution is 2.25. The van der Waals surface area contributed by atoms with Crippen molar-refractivity contribution in [1.29, 1.82) is 0 Å². The van der Waals surface area contributed by atoms with Gasteiger partial charge in [-0.1, -0.05) is 13.8 Å². The van der Waals surface area contributed by atoms with Gasteiger partial charge in [-0.25, -0.2) is 0 Å². The van der Waals surface area contributed by atoms with Crippen LogP contribution in [0.4, 0.5) is 0 Å². The lowest BCUT2D eigenvalue weighted by atomic mass is 10.3. The fourth-order valence-corrected chi connectivity index (χ4v) is 0.835. The van der Waals surface area contributed by atoms with Crippen molar-refractivity contribution in [2.24, 2.45) is 0 Å². The lowest BCUT2D eigenvalue weighted by Crippen LogP contribution is -1.92. The number of hydrogen-bond acceptors (Lipinski definition) is 3. The third-order valence-corrected chi connectivity index (χ3v) is 1.41. The molecule has 3 nitrogen and oxygen atoms in total. The highest BCUT2D eigenvalue weighted by Gasteiger charge is 2.01. The minimum Gasteiger partial charge on any atom is -0.493 e. The molecule has 13 heavy (non-hydrogen) atoms. The van der Waals surface area contributed by atoms with Gasteiger partial charge < -0.3 is 9.47 Å². The van der Waals surface area contributed by atoms with Gasteiger partial charge in [0.1, 0.15) is 0 Å². The molecule has 1 aromatic heterocycles. The van der Waals surface area contributed by atoms with Crippen LogP contribution in [0.15, 0.2) is 12.3 Å². The predicted molar refractivity (Wildman–Crippen MR) is 53.4 cm³/mol. The summed E-state index contributed by atoms with van der Waals surface area (Å²) in [5.74, 6) is 1.39. The smallest absolute Gasteiger partial charge is 0.179 e. The van der Waals surface area contributed by atoms with Gasteiger partial charge in [0.15, 0.2) is 11.5 Å². The van der Waals surface area contributed by atoms with E-state index >= 15 is 0 Å². The molecule has 0 saturated carbocycles. The van der Waals surface area contributed by atoms with Gasteiger partial charge in [-0.15, -0.1) is 0 Å². The van der Waals surface area contributed by atoms with Crippen LogP contribution in [0.25, 0.3) is 0 Å². The number of hydrogen-bond donors (Lipinski definition) is 0. The van der Waals surface area contributed by atoms with Crippen LogP contribution in [-0.4, -0.2) is 19.2 Å². The molecule has 1 heterocycles. The van der Waals surface area contributed by atoms with E-state index in [2.05, 4.69) is 4.98 Å². The SMILES string of the molecule is CC.COc1cnc(C)cc1OC. The van der Waals surface area contributed by atoms with Crippen LogP contribution in [0.2, 0.25) is 0 Å². The Balaban J connectivity index is 0.000000671. The Labute approximate surface area is 79.7 Å². The maximum absolute atomic E-state index is 5.05. The first kappa shape index (κ1) is 11.8. The molecule has 3 heteroatoms. The van der Waals surface area contributed by atoms with E-state index in [-0.39, 0.29) is 0 Å². The van der Waals surface area contributed by atoms with Crippen molar-refractivity contribution in [3.05, 3.63) is 18.0 Å². The third kappa shape index (κ3) is 3.32. The van der Waals surface area contributed by atoms with Gasteiger partial charge in [0.2, 0.25) is 0 Å². The van der Waals surface area contributed by atoms with Gasteiger partial charge in [0, 0.05) is 11.8 Å². The van der Waals surface area contributed by atoms with E-state index in [0.29, 0.717) is 5.75 Å². The minimum atomic E-state index is 0.665. The molecule has 0 unspecified atom stereocenters. The molecule has 0 saturated heterocycles. The van der Waals surface area contributed by atoms with Gasteiger partial charge >= 0.3 is 0 Å². The number of pyridine rings is 1. The molecule has 74 valence electrons. The first-order valence-electron chi connectivity index (χ1n) is 4.32. The molecular formula is C10H17NO2. The molecule has 0 radical (unpaired) electrons. The largest absolute Gasteiger partial charge is 0.493 e. The highest BCUT2D eigenvalue weighted by atomic mass is 16.5. The van der Waals surface area contributed by atoms with Crippen LogP contribution in [0.5, 0.6) is 11.5 Å². The summed E-state index contributed by atoms with van der Waals surface area (Å²) in [4.78, 5) is 4.05. The maximum Gasteiger partial charge on any atom is 0.179 e. The summed E-state index contributed by atoms with van der Waals surface area (Å²) >= 11 is 0. The quantitative estimate of drug-likeness (QED) is 0.705. The minimum absolute atomic E-state index is 0.665. The van der Waals surface area contributed by atoms with Gasteiger partial charge in [0.05, 0.1) is 20.4 Å². The molecule has 0 fully saturated rings. The molecule has 0 amide bonds. The van der Waals surface area contributed by atoms with Gasteiger partial charge in [-0.2, -0.15) is 0 Å². The van der Waals surface area contributed by atoms with E-state index in [1.165, 1.54) is 0 Å². The zero-order valence-corrected chi connectivity index (χ0v) is 8.92. The first-order valence-corrected chi connectivity index (χ1v) is 4.32. The Hall–Kier alpha value is -1.25. The Morgan fingerprint density at radius 2 is 1.62 bits per heavy atom. The average Bonchev–Trinajstić information content (AvgIpc) is 2.20. The van der Waals surface area contributed by atoms with Crippen LogP contribution >= 0.6 is 0 Å². The molecule has 0 atom stereocenters. The van der Waals surface area contributed by atoms with Crippen LogP contribution in [0, 0.1) is 6.92 Å². The van der Waals surface area contributed by atoms with E-state index in [9.17, 15) is 0 Å². The maximum atomic E-state index is 5.05. The molecule has 0 spiro atoms. The average molecular weight is 183 g/mol. The molecule has 0 aliphatic rings. The van der Waals surface area contributed by atoms with Crippen molar-refractivity contribution in [2.45, 2.75) is 20.8 Å². The fourth-order valence-electron chi connectivity index (χ4n) is 0.835. The first-order chi connectivity index (χ1) is 6.27. The normalized spacial score (nSPS) is 8.38. The molecule has 0 N–H and O–H groups in total. The van der Waals surface area contributed by atoms with E-state index < -0.39 is 0 Å². The number of nitrogens with zero attached hydrogens (tertiary/aromatic N) is 1. The van der Waals surface area contributed by atoms with Crippen molar-refractivity contribution in [2.75, 3.05) is 14.2 Å². The molecular weight excluding hydrogens is 166 g/mol. The molecule has 1 aromatic rings. The van der Waals surface area contributed by atoms with Crippen molar-refractivity contribution in [1.82, 2.24) is 4.98 Å². The second kappa shape index (κ2) is 6.29. The number of methoxy groups -OCH3 is 2. The molecule has 0 bridgehead atoms. The van der Waals surface area contributed by atoms with Crippen molar-refractivity contribution >= 4 is 0 Å². The summed E-state index contributed by atoms with van der Waals surface area (Å²) in [5.41, 5.74) is 0.919. The van der Waals surface area contributed by atoms with Gasteiger partial charge in [-0.3, -0.25) is 4.98 Å². The summed E-state index contributed by atoms with van der Waals surface area (Å²) in [6.45, 7) is 5.90. The Morgan fingerprint density at radius 1 is 1.08 bits per heavy atom.